The van der Waals surface area contributed by atoms with Crippen LogP contribution >= 0.6 is 0 Å². The van der Waals surface area contributed by atoms with Gasteiger partial charge in [-0.2, -0.15) is 18.3 Å². The quantitative estimate of drug-likeness (QED) is 0.732. The van der Waals surface area contributed by atoms with Gasteiger partial charge >= 0.3 is 6.18 Å². The highest BCUT2D eigenvalue weighted by Gasteiger charge is 2.33. The summed E-state index contributed by atoms with van der Waals surface area (Å²) in [5, 5.41) is 12.3. The van der Waals surface area contributed by atoms with Crippen LogP contribution in [0.3, 0.4) is 0 Å². The molecule has 0 saturated carbocycles. The third-order valence-corrected chi connectivity index (χ3v) is 4.64. The molecule has 4 rings (SSSR count). The largest absolute Gasteiger partial charge is 0.397 e. The first-order valence-corrected chi connectivity index (χ1v) is 8.58. The first-order chi connectivity index (χ1) is 12.9. The number of nitrogens with zero attached hydrogens (tertiary/aromatic N) is 4. The van der Waals surface area contributed by atoms with Crippen LogP contribution < -0.4 is 10.2 Å². The van der Waals surface area contributed by atoms with E-state index in [4.69, 9.17) is 0 Å². The molecule has 0 radical (unpaired) electrons. The van der Waals surface area contributed by atoms with Gasteiger partial charge < -0.3 is 10.2 Å². The van der Waals surface area contributed by atoms with E-state index in [0.717, 1.165) is 28.4 Å². The van der Waals surface area contributed by atoms with Crippen LogP contribution in [-0.2, 0) is 4.79 Å². The fourth-order valence-electron chi connectivity index (χ4n) is 3.54. The van der Waals surface area contributed by atoms with Gasteiger partial charge in [-0.1, -0.05) is 0 Å². The number of carbonyl (C=O) groups is 1. The van der Waals surface area contributed by atoms with Gasteiger partial charge in [-0.3, -0.25) is 9.89 Å². The van der Waals surface area contributed by atoms with Crippen molar-refractivity contribution in [1.29, 1.82) is 0 Å². The van der Waals surface area contributed by atoms with Crippen molar-refractivity contribution < 1.29 is 18.0 Å². The Bertz CT molecular complexity index is 986. The Morgan fingerprint density at radius 3 is 3.00 bits per heavy atom. The van der Waals surface area contributed by atoms with Crippen molar-refractivity contribution in [3.05, 3.63) is 24.7 Å². The molecule has 1 saturated heterocycles. The van der Waals surface area contributed by atoms with Crippen LogP contribution in [0.25, 0.3) is 21.8 Å². The Labute approximate surface area is 152 Å². The first kappa shape index (κ1) is 17.5. The maximum atomic E-state index is 12.4. The lowest BCUT2D eigenvalue weighted by molar-refractivity contribution is -0.154. The number of H-pyrrole nitrogens is 1. The summed E-state index contributed by atoms with van der Waals surface area (Å²) in [6.07, 6.45) is 0.456. The van der Waals surface area contributed by atoms with Gasteiger partial charge in [0.25, 0.3) is 0 Å². The lowest BCUT2D eigenvalue weighted by atomic mass is 10.0. The van der Waals surface area contributed by atoms with Crippen LogP contribution in [0.15, 0.2) is 24.7 Å². The van der Waals surface area contributed by atoms with Crippen LogP contribution in [0.5, 0.6) is 0 Å². The average Bonchev–Trinajstić information content (AvgIpc) is 3.08. The Balaban J connectivity index is 1.60. The molecule has 142 valence electrons. The Morgan fingerprint density at radius 1 is 1.33 bits per heavy atom. The van der Waals surface area contributed by atoms with Crippen LogP contribution in [0.1, 0.15) is 19.3 Å². The van der Waals surface area contributed by atoms with E-state index in [1.54, 1.807) is 18.6 Å². The van der Waals surface area contributed by atoms with Crippen LogP contribution in [-0.4, -0.2) is 51.4 Å². The molecule has 7 nitrogen and oxygen atoms in total. The van der Waals surface area contributed by atoms with Gasteiger partial charge in [0.05, 0.1) is 6.20 Å². The third-order valence-electron chi connectivity index (χ3n) is 4.64. The zero-order valence-corrected chi connectivity index (χ0v) is 14.3. The fourth-order valence-corrected chi connectivity index (χ4v) is 3.54. The number of fused-ring (bicyclic) bond motifs is 3. The number of hydrogen-bond donors (Lipinski definition) is 2. The van der Waals surface area contributed by atoms with E-state index >= 15 is 0 Å². The molecule has 0 bridgehead atoms. The molecule has 27 heavy (non-hydrogen) atoms. The second-order valence-corrected chi connectivity index (χ2v) is 6.63. The lowest BCUT2D eigenvalue weighted by Gasteiger charge is -2.34. The topological polar surface area (TPSA) is 86.8 Å². The van der Waals surface area contributed by atoms with Crippen LogP contribution in [0.4, 0.5) is 19.0 Å². The van der Waals surface area contributed by atoms with Crippen molar-refractivity contribution in [3.63, 3.8) is 0 Å². The molecule has 3 aromatic rings. The number of piperidine rings is 1. The van der Waals surface area contributed by atoms with Crippen LogP contribution in [0, 0.1) is 0 Å². The zero-order chi connectivity index (χ0) is 19.0. The highest BCUT2D eigenvalue weighted by atomic mass is 19.4. The van der Waals surface area contributed by atoms with Crippen molar-refractivity contribution in [3.8, 4) is 0 Å². The number of halogens is 3. The number of aromatic nitrogens is 4. The molecule has 10 heteroatoms. The molecule has 3 aromatic heterocycles. The monoisotopic (exact) mass is 378 g/mol. The van der Waals surface area contributed by atoms with Crippen LogP contribution in [0.2, 0.25) is 0 Å². The molecule has 1 unspecified atom stereocenters. The van der Waals surface area contributed by atoms with Crippen molar-refractivity contribution in [2.45, 2.75) is 31.5 Å². The number of pyridine rings is 1. The van der Waals surface area contributed by atoms with Gasteiger partial charge in [-0.05, 0) is 18.9 Å². The molecule has 1 atom stereocenters. The fraction of sp³-hybridized carbons (Fsp3) is 0.412. The van der Waals surface area contributed by atoms with Crippen molar-refractivity contribution in [2.75, 3.05) is 18.0 Å². The smallest absolute Gasteiger partial charge is 0.354 e. The summed E-state index contributed by atoms with van der Waals surface area (Å²) in [4.78, 5) is 22.2. The van der Waals surface area contributed by atoms with Gasteiger partial charge in [-0.25, -0.2) is 9.97 Å². The van der Waals surface area contributed by atoms with E-state index in [-0.39, 0.29) is 6.04 Å². The number of alkyl halides is 3. The first-order valence-electron chi connectivity index (χ1n) is 8.58. The summed E-state index contributed by atoms with van der Waals surface area (Å²) < 4.78 is 37.2. The number of carbonyl (C=O) groups excluding carboxylic acids is 1. The second-order valence-electron chi connectivity index (χ2n) is 6.63. The van der Waals surface area contributed by atoms with Crippen molar-refractivity contribution in [1.82, 2.24) is 25.5 Å². The number of anilines is 1. The van der Waals surface area contributed by atoms with Gasteiger partial charge in [0, 0.05) is 47.7 Å². The lowest BCUT2D eigenvalue weighted by Crippen LogP contribution is -2.48. The number of aromatic amines is 1. The maximum absolute atomic E-state index is 12.4. The van der Waals surface area contributed by atoms with Gasteiger partial charge in [0.1, 0.15) is 12.2 Å². The molecule has 0 aromatic carbocycles. The van der Waals surface area contributed by atoms with Crippen molar-refractivity contribution in [2.24, 2.45) is 0 Å². The molecule has 1 fully saturated rings. The van der Waals surface area contributed by atoms with Crippen molar-refractivity contribution >= 4 is 33.5 Å². The summed E-state index contributed by atoms with van der Waals surface area (Å²) >= 11 is 0. The van der Waals surface area contributed by atoms with E-state index in [1.165, 1.54) is 0 Å². The molecule has 4 heterocycles. The van der Waals surface area contributed by atoms with E-state index in [0.29, 0.717) is 25.2 Å². The molecule has 0 spiro atoms. The summed E-state index contributed by atoms with van der Waals surface area (Å²) in [5.41, 5.74) is 0.621. The predicted octanol–water partition coefficient (Wildman–Crippen LogP) is 2.54. The number of hydrogen-bond acceptors (Lipinski definition) is 5. The molecule has 0 aliphatic carbocycles. The summed E-state index contributed by atoms with van der Waals surface area (Å²) in [7, 11) is 0. The standard InChI is InChI=1S/C17H17F3N6O/c18-17(19,20)6-13(27)24-11-2-1-5-26(9-11)16-14-10(8-23-25-16)7-22-15-12(14)3-4-21-15/h3-4,7-8,11,25H,1-2,5-6,9H2,(H,24,27). The molecular formula is C17H17F3N6O. The van der Waals surface area contributed by atoms with E-state index in [9.17, 15) is 18.0 Å². The summed E-state index contributed by atoms with van der Waals surface area (Å²) in [6, 6.07) is 1.52. The van der Waals surface area contributed by atoms with E-state index in [2.05, 4.69) is 25.5 Å². The van der Waals surface area contributed by atoms with Gasteiger partial charge in [-0.15, -0.1) is 0 Å². The minimum atomic E-state index is -4.50. The Kier molecular flexibility index (Phi) is 4.33. The third kappa shape index (κ3) is 3.64. The highest BCUT2D eigenvalue weighted by molar-refractivity contribution is 6.09. The normalized spacial score (nSPS) is 18.2. The molecular weight excluding hydrogens is 361 g/mol. The summed E-state index contributed by atoms with van der Waals surface area (Å²) in [5.74, 6) is -0.246. The predicted molar refractivity (Wildman–Crippen MR) is 93.2 cm³/mol. The van der Waals surface area contributed by atoms with Gasteiger partial charge in [0.15, 0.2) is 5.65 Å². The molecule has 1 aliphatic rings. The molecule has 2 N–H and O–H groups in total. The Morgan fingerprint density at radius 2 is 2.19 bits per heavy atom. The van der Waals surface area contributed by atoms with Gasteiger partial charge in [0.2, 0.25) is 5.91 Å². The summed E-state index contributed by atoms with van der Waals surface area (Å²) in [6.45, 7) is 1.11. The average molecular weight is 378 g/mol. The van der Waals surface area contributed by atoms with E-state index < -0.39 is 18.5 Å². The maximum Gasteiger partial charge on any atom is 0.397 e. The highest BCUT2D eigenvalue weighted by Crippen LogP contribution is 2.31. The minimum Gasteiger partial charge on any atom is -0.354 e. The SMILES string of the molecule is O=C(CC(F)(F)F)NC1CCCN(c2[nH]ncc3cnc4nccc4c23)C1. The Hall–Kier alpha value is -2.91. The molecule has 1 aliphatic heterocycles. The number of nitrogens with one attached hydrogen (secondary N) is 2. The zero-order valence-electron chi connectivity index (χ0n) is 14.3. The number of rotatable bonds is 3. The second kappa shape index (κ2) is 6.67. The molecule has 1 amide bonds. The van der Waals surface area contributed by atoms with E-state index in [1.807, 2.05) is 11.0 Å². The number of amides is 1. The minimum absolute atomic E-state index is 0.354.